The van der Waals surface area contributed by atoms with E-state index in [1.165, 1.54) is 5.69 Å². The van der Waals surface area contributed by atoms with Crippen LogP contribution < -0.4 is 5.73 Å². The Morgan fingerprint density at radius 1 is 1.35 bits per heavy atom. The number of nitrogens with zero attached hydrogens (tertiary/aromatic N) is 4. The van der Waals surface area contributed by atoms with Crippen molar-refractivity contribution < 1.29 is 0 Å². The molecule has 3 heterocycles. The van der Waals surface area contributed by atoms with Gasteiger partial charge in [-0.3, -0.25) is 0 Å². The third-order valence-electron chi connectivity index (χ3n) is 4.17. The first-order valence-electron chi connectivity index (χ1n) is 6.97. The van der Waals surface area contributed by atoms with Crippen LogP contribution in [0.3, 0.4) is 0 Å². The van der Waals surface area contributed by atoms with Gasteiger partial charge in [-0.1, -0.05) is 6.07 Å². The van der Waals surface area contributed by atoms with Crippen LogP contribution >= 0.6 is 0 Å². The first kappa shape index (κ1) is 11.7. The Kier molecular flexibility index (Phi) is 2.44. The van der Waals surface area contributed by atoms with E-state index in [9.17, 15) is 0 Å². The van der Waals surface area contributed by atoms with Crippen molar-refractivity contribution in [3.8, 4) is 11.4 Å². The van der Waals surface area contributed by atoms with Crippen molar-refractivity contribution in [3.63, 3.8) is 0 Å². The molecule has 0 spiro atoms. The molecular weight excluding hydrogens is 250 g/mol. The summed E-state index contributed by atoms with van der Waals surface area (Å²) in [5.74, 6) is 0.991. The van der Waals surface area contributed by atoms with E-state index in [0.29, 0.717) is 0 Å². The van der Waals surface area contributed by atoms with Crippen LogP contribution in [0.4, 0.5) is 0 Å². The predicted octanol–water partition coefficient (Wildman–Crippen LogP) is 1.55. The molecule has 3 aromatic heterocycles. The molecule has 20 heavy (non-hydrogen) atoms. The lowest BCUT2D eigenvalue weighted by molar-refractivity contribution is 0.554. The largest absolute Gasteiger partial charge is 0.331 e. The van der Waals surface area contributed by atoms with Gasteiger partial charge < -0.3 is 10.3 Å². The summed E-state index contributed by atoms with van der Waals surface area (Å²) >= 11 is 0. The molecule has 2 N–H and O–H groups in total. The molecule has 0 saturated heterocycles. The minimum absolute atomic E-state index is 0.245. The van der Waals surface area contributed by atoms with E-state index < -0.39 is 0 Å². The molecule has 5 heteroatoms. The molecule has 102 valence electrons. The summed E-state index contributed by atoms with van der Waals surface area (Å²) in [7, 11) is 2.09. The number of hydrogen-bond donors (Lipinski definition) is 1. The average molecular weight is 267 g/mol. The summed E-state index contributed by atoms with van der Waals surface area (Å²) in [6.07, 6.45) is 6.78. The topological polar surface area (TPSA) is 61.1 Å². The molecule has 0 fully saturated rings. The van der Waals surface area contributed by atoms with E-state index in [4.69, 9.17) is 10.7 Å². The minimum Gasteiger partial charge on any atom is -0.331 e. The Hall–Kier alpha value is -2.14. The van der Waals surface area contributed by atoms with E-state index in [2.05, 4.69) is 22.8 Å². The SMILES string of the molecule is Cn1c(-c2cnn3ccccc23)nc2c1CCC(N)C2. The van der Waals surface area contributed by atoms with Gasteiger partial charge in [-0.25, -0.2) is 9.50 Å². The van der Waals surface area contributed by atoms with Gasteiger partial charge >= 0.3 is 0 Å². The lowest BCUT2D eigenvalue weighted by Gasteiger charge is -2.17. The monoisotopic (exact) mass is 267 g/mol. The fourth-order valence-electron chi connectivity index (χ4n) is 3.08. The normalized spacial score (nSPS) is 18.4. The fourth-order valence-corrected chi connectivity index (χ4v) is 3.08. The summed E-state index contributed by atoms with van der Waals surface area (Å²) in [5.41, 5.74) is 10.7. The van der Waals surface area contributed by atoms with E-state index in [1.54, 1.807) is 0 Å². The van der Waals surface area contributed by atoms with Gasteiger partial charge in [-0.15, -0.1) is 0 Å². The van der Waals surface area contributed by atoms with Gasteiger partial charge in [0, 0.05) is 31.4 Å². The van der Waals surface area contributed by atoms with Crippen molar-refractivity contribution in [3.05, 3.63) is 42.0 Å². The molecule has 1 aliphatic carbocycles. The van der Waals surface area contributed by atoms with Gasteiger partial charge in [0.1, 0.15) is 5.82 Å². The number of fused-ring (bicyclic) bond motifs is 2. The molecule has 1 unspecified atom stereocenters. The van der Waals surface area contributed by atoms with Crippen LogP contribution in [0.25, 0.3) is 16.9 Å². The molecule has 0 aromatic carbocycles. The molecule has 0 bridgehead atoms. The molecular formula is C15H17N5. The molecule has 3 aromatic rings. The van der Waals surface area contributed by atoms with Gasteiger partial charge in [-0.05, 0) is 25.0 Å². The van der Waals surface area contributed by atoms with Crippen LogP contribution in [0.1, 0.15) is 17.8 Å². The molecule has 1 atom stereocenters. The molecule has 0 radical (unpaired) electrons. The molecule has 1 aliphatic rings. The van der Waals surface area contributed by atoms with E-state index in [1.807, 2.05) is 29.0 Å². The van der Waals surface area contributed by atoms with Crippen LogP contribution in [-0.4, -0.2) is 25.2 Å². The summed E-state index contributed by atoms with van der Waals surface area (Å²) in [4.78, 5) is 4.82. The van der Waals surface area contributed by atoms with Crippen LogP contribution in [0.2, 0.25) is 0 Å². The second kappa shape index (κ2) is 4.18. The van der Waals surface area contributed by atoms with Gasteiger partial charge in [0.2, 0.25) is 0 Å². The molecule has 0 saturated carbocycles. The number of rotatable bonds is 1. The lowest BCUT2D eigenvalue weighted by atomic mass is 9.97. The Balaban J connectivity index is 1.91. The summed E-state index contributed by atoms with van der Waals surface area (Å²) < 4.78 is 4.08. The quantitative estimate of drug-likeness (QED) is 0.727. The second-order valence-corrected chi connectivity index (χ2v) is 5.48. The highest BCUT2D eigenvalue weighted by atomic mass is 15.2. The van der Waals surface area contributed by atoms with Crippen molar-refractivity contribution in [2.75, 3.05) is 0 Å². The fraction of sp³-hybridized carbons (Fsp3) is 0.333. The molecule has 4 rings (SSSR count). The lowest BCUT2D eigenvalue weighted by Crippen LogP contribution is -2.28. The predicted molar refractivity (Wildman–Crippen MR) is 77.4 cm³/mol. The first-order valence-corrected chi connectivity index (χ1v) is 6.97. The van der Waals surface area contributed by atoms with Crippen LogP contribution in [0, 0.1) is 0 Å². The summed E-state index contributed by atoms with van der Waals surface area (Å²) in [5, 5.41) is 4.40. The zero-order chi connectivity index (χ0) is 13.7. The van der Waals surface area contributed by atoms with Gasteiger partial charge in [0.25, 0.3) is 0 Å². The third-order valence-corrected chi connectivity index (χ3v) is 4.17. The van der Waals surface area contributed by atoms with Gasteiger partial charge in [-0.2, -0.15) is 5.10 Å². The highest BCUT2D eigenvalue weighted by molar-refractivity contribution is 5.76. The minimum atomic E-state index is 0.245. The Morgan fingerprint density at radius 2 is 2.25 bits per heavy atom. The van der Waals surface area contributed by atoms with Crippen LogP contribution in [-0.2, 0) is 19.9 Å². The van der Waals surface area contributed by atoms with Crippen molar-refractivity contribution in [1.29, 1.82) is 0 Å². The van der Waals surface area contributed by atoms with E-state index in [-0.39, 0.29) is 6.04 Å². The number of hydrogen-bond acceptors (Lipinski definition) is 3. The molecule has 0 aliphatic heterocycles. The van der Waals surface area contributed by atoms with Crippen molar-refractivity contribution in [2.45, 2.75) is 25.3 Å². The number of aromatic nitrogens is 4. The molecule has 0 amide bonds. The Labute approximate surface area is 117 Å². The smallest absolute Gasteiger partial charge is 0.144 e. The third kappa shape index (κ3) is 1.59. The maximum atomic E-state index is 6.05. The Morgan fingerprint density at radius 3 is 3.15 bits per heavy atom. The standard InChI is InChI=1S/C15H17N5/c1-19-14-6-5-10(16)8-12(14)18-15(19)11-9-17-20-7-3-2-4-13(11)20/h2-4,7,9-10H,5-6,8,16H2,1H3. The van der Waals surface area contributed by atoms with Crippen molar-refractivity contribution >= 4 is 5.52 Å². The zero-order valence-corrected chi connectivity index (χ0v) is 11.5. The van der Waals surface area contributed by atoms with Gasteiger partial charge in [0.15, 0.2) is 0 Å². The van der Waals surface area contributed by atoms with Crippen LogP contribution in [0.5, 0.6) is 0 Å². The van der Waals surface area contributed by atoms with Gasteiger partial charge in [0.05, 0.1) is 23.0 Å². The van der Waals surface area contributed by atoms with Crippen LogP contribution in [0.15, 0.2) is 30.6 Å². The molecule has 5 nitrogen and oxygen atoms in total. The highest BCUT2D eigenvalue weighted by Gasteiger charge is 2.23. The second-order valence-electron chi connectivity index (χ2n) is 5.48. The average Bonchev–Trinajstić information content (AvgIpc) is 3.00. The Bertz CT molecular complexity index is 783. The number of nitrogens with two attached hydrogens (primary N) is 1. The first-order chi connectivity index (χ1) is 9.74. The maximum Gasteiger partial charge on any atom is 0.144 e. The highest BCUT2D eigenvalue weighted by Crippen LogP contribution is 2.28. The van der Waals surface area contributed by atoms with Crippen molar-refractivity contribution in [2.24, 2.45) is 12.8 Å². The number of pyridine rings is 1. The summed E-state index contributed by atoms with van der Waals surface area (Å²) in [6.45, 7) is 0. The number of imidazole rings is 1. The summed E-state index contributed by atoms with van der Waals surface area (Å²) in [6, 6.07) is 6.32. The van der Waals surface area contributed by atoms with E-state index >= 15 is 0 Å². The zero-order valence-electron chi connectivity index (χ0n) is 11.5. The van der Waals surface area contributed by atoms with Crippen molar-refractivity contribution in [1.82, 2.24) is 19.2 Å². The maximum absolute atomic E-state index is 6.05. The van der Waals surface area contributed by atoms with E-state index in [0.717, 1.165) is 41.9 Å².